The largest absolute Gasteiger partial charge is 0.382 e. The number of nitrogen functional groups attached to an aromatic ring is 1. The minimum Gasteiger partial charge on any atom is -0.382 e. The first kappa shape index (κ1) is 29.9. The van der Waals surface area contributed by atoms with Crippen molar-refractivity contribution in [2.75, 3.05) is 36.9 Å². The monoisotopic (exact) mass is 616 g/mol. The van der Waals surface area contributed by atoms with Crippen LogP contribution in [-0.2, 0) is 22.0 Å². The molecule has 5 aliphatic carbocycles. The molecule has 7 atom stereocenters. The lowest BCUT2D eigenvalue weighted by Crippen LogP contribution is -2.64. The van der Waals surface area contributed by atoms with Gasteiger partial charge >= 0.3 is 0 Å². The van der Waals surface area contributed by atoms with Crippen LogP contribution in [-0.4, -0.2) is 46.7 Å². The van der Waals surface area contributed by atoms with Crippen molar-refractivity contribution in [3.05, 3.63) is 39.0 Å². The predicted molar refractivity (Wildman–Crippen MR) is 179 cm³/mol. The highest BCUT2D eigenvalue weighted by molar-refractivity contribution is 5.55. The molecule has 0 aromatic carbocycles. The molecule has 8 rings (SSSR count). The maximum Gasteiger partial charge on any atom is 0.287 e. The van der Waals surface area contributed by atoms with Crippen molar-refractivity contribution < 1.29 is 4.74 Å². The van der Waals surface area contributed by atoms with Gasteiger partial charge in [0.2, 0.25) is 0 Å². The van der Waals surface area contributed by atoms with E-state index in [1.54, 1.807) is 5.57 Å². The first-order valence-electron chi connectivity index (χ1n) is 17.9. The summed E-state index contributed by atoms with van der Waals surface area (Å²) in [6.07, 6.45) is 13.2. The van der Waals surface area contributed by atoms with E-state index >= 15 is 0 Å². The zero-order valence-corrected chi connectivity index (χ0v) is 28.8. The minimum absolute atomic E-state index is 0.0182. The normalized spacial score (nSPS) is 41.6. The van der Waals surface area contributed by atoms with E-state index in [1.165, 1.54) is 49.1 Å². The van der Waals surface area contributed by atoms with Gasteiger partial charge in [0.1, 0.15) is 11.5 Å². The summed E-state index contributed by atoms with van der Waals surface area (Å²) in [7, 11) is 0. The first-order valence-corrected chi connectivity index (χ1v) is 17.9. The molecule has 2 aromatic heterocycles. The molecule has 45 heavy (non-hydrogen) atoms. The molecule has 246 valence electrons. The predicted octanol–water partition coefficient (Wildman–Crippen LogP) is 6.61. The quantitative estimate of drug-likeness (QED) is 0.283. The summed E-state index contributed by atoms with van der Waals surface area (Å²) in [5.74, 6) is 2.30. The number of aromatic nitrogens is 4. The third-order valence-electron chi connectivity index (χ3n) is 15.5. The van der Waals surface area contributed by atoms with E-state index in [2.05, 4.69) is 79.8 Å². The number of hydrogen-bond donors (Lipinski definition) is 4. The van der Waals surface area contributed by atoms with E-state index in [0.717, 1.165) is 44.5 Å². The number of allylic oxidation sites excluding steroid dienone is 2. The van der Waals surface area contributed by atoms with Crippen LogP contribution in [0.2, 0.25) is 0 Å². The third-order valence-corrected chi connectivity index (χ3v) is 15.5. The fraction of sp³-hybridized carbons (Fsp3) is 0.784. The number of rotatable bonds is 2. The lowest BCUT2D eigenvalue weighted by atomic mass is 9.33. The van der Waals surface area contributed by atoms with E-state index in [0.29, 0.717) is 36.8 Å². The summed E-state index contributed by atoms with van der Waals surface area (Å²) in [5.41, 5.74) is 13.6. The van der Waals surface area contributed by atoms with Crippen LogP contribution in [0.15, 0.2) is 16.4 Å². The molecule has 0 radical (unpaired) electrons. The van der Waals surface area contributed by atoms with Crippen molar-refractivity contribution in [2.45, 2.75) is 117 Å². The molecule has 3 heterocycles. The average molecular weight is 617 g/mol. The van der Waals surface area contributed by atoms with Crippen LogP contribution in [0.5, 0.6) is 0 Å². The van der Waals surface area contributed by atoms with Crippen molar-refractivity contribution in [2.24, 2.45) is 39.4 Å². The Labute approximate surface area is 268 Å². The van der Waals surface area contributed by atoms with Crippen molar-refractivity contribution in [3.63, 3.8) is 0 Å². The van der Waals surface area contributed by atoms with Gasteiger partial charge in [0, 0.05) is 35.2 Å². The number of nitrogens with one attached hydrogen (secondary N) is 3. The summed E-state index contributed by atoms with van der Waals surface area (Å²) in [4.78, 5) is 15.8. The van der Waals surface area contributed by atoms with E-state index in [4.69, 9.17) is 10.5 Å². The molecule has 1 aliphatic heterocycles. The van der Waals surface area contributed by atoms with Crippen LogP contribution < -0.4 is 16.2 Å². The Morgan fingerprint density at radius 3 is 2.42 bits per heavy atom. The third kappa shape index (κ3) is 3.75. The van der Waals surface area contributed by atoms with Crippen molar-refractivity contribution >= 4 is 11.5 Å². The summed E-state index contributed by atoms with van der Waals surface area (Å²) < 4.78 is 5.70. The van der Waals surface area contributed by atoms with Gasteiger partial charge in [-0.05, 0) is 97.2 Å². The lowest BCUT2D eigenvalue weighted by molar-refractivity contribution is -0.154. The Bertz CT molecular complexity index is 1610. The van der Waals surface area contributed by atoms with Crippen LogP contribution >= 0.6 is 0 Å². The number of fused-ring (bicyclic) bond motifs is 8. The number of anilines is 2. The maximum absolute atomic E-state index is 13.5. The molecule has 8 nitrogen and oxygen atoms in total. The number of ether oxygens (including phenoxy) is 1. The second kappa shape index (κ2) is 9.32. The van der Waals surface area contributed by atoms with E-state index in [9.17, 15) is 4.79 Å². The molecule has 0 spiro atoms. The molecule has 8 heteroatoms. The van der Waals surface area contributed by atoms with Gasteiger partial charge in [-0.15, -0.1) is 0 Å². The molecule has 5 N–H and O–H groups in total. The molecule has 3 saturated carbocycles. The number of nitrogens with two attached hydrogens (primary N) is 1. The number of nitrogens with zero attached hydrogens (tertiary/aromatic N) is 2. The number of H-pyrrole nitrogens is 3. The summed E-state index contributed by atoms with van der Waals surface area (Å²) in [5, 5.41) is 14.5. The summed E-state index contributed by atoms with van der Waals surface area (Å²) in [6.45, 7) is 20.7. The fourth-order valence-electron chi connectivity index (χ4n) is 12.9. The molecule has 4 fully saturated rings. The van der Waals surface area contributed by atoms with E-state index < -0.39 is 0 Å². The van der Waals surface area contributed by atoms with Gasteiger partial charge in [-0.3, -0.25) is 20.1 Å². The van der Waals surface area contributed by atoms with Crippen molar-refractivity contribution in [3.8, 4) is 0 Å². The molecular weight excluding hydrogens is 560 g/mol. The molecular formula is C37H56N6O2. The molecule has 2 aromatic rings. The van der Waals surface area contributed by atoms with Crippen LogP contribution in [0.25, 0.3) is 0 Å². The zero-order valence-electron chi connectivity index (χ0n) is 28.8. The van der Waals surface area contributed by atoms with Gasteiger partial charge in [-0.25, -0.2) is 0 Å². The molecule has 6 aliphatic rings. The standard InChI is InChI=1S/C37H56N6O2/c1-32(2)12-14-37(29-27(31(44)42-40-29)43-16-18-45-19-17-43)15-13-35(6)23(24(37)21-32)8-9-26-34(5)20-22-28(39-41-30(22)38)33(3,4)25(34)10-11-36(26,35)7/h8,24-26H,9-21H2,1-7H3,(H3,38,39,41)(H2,40,42,44)/t24?,25?,26?,34-,35+,36+,37-/m0/s1. The highest BCUT2D eigenvalue weighted by atomic mass is 16.5. The van der Waals surface area contributed by atoms with Crippen molar-refractivity contribution in [1.29, 1.82) is 0 Å². The first-order chi connectivity index (χ1) is 21.2. The Morgan fingerprint density at radius 1 is 0.933 bits per heavy atom. The van der Waals surface area contributed by atoms with Crippen LogP contribution in [0.3, 0.4) is 0 Å². The minimum atomic E-state index is -0.0507. The summed E-state index contributed by atoms with van der Waals surface area (Å²) in [6, 6.07) is 0. The van der Waals surface area contributed by atoms with Crippen molar-refractivity contribution in [1.82, 2.24) is 20.4 Å². The van der Waals surface area contributed by atoms with Gasteiger partial charge in [-0.1, -0.05) is 60.1 Å². The second-order valence-corrected chi connectivity index (χ2v) is 18.1. The van der Waals surface area contributed by atoms with Crippen LogP contribution in [0.4, 0.5) is 11.5 Å². The van der Waals surface area contributed by atoms with Gasteiger partial charge in [-0.2, -0.15) is 5.10 Å². The van der Waals surface area contributed by atoms with Crippen LogP contribution in [0.1, 0.15) is 117 Å². The van der Waals surface area contributed by atoms with Crippen LogP contribution in [0, 0.1) is 39.4 Å². The molecule has 1 saturated heterocycles. The average Bonchev–Trinajstić information content (AvgIpc) is 3.56. The fourth-order valence-corrected chi connectivity index (χ4v) is 12.9. The van der Waals surface area contributed by atoms with E-state index in [-0.39, 0.29) is 38.0 Å². The SMILES string of the molecule is CC1(C)CC[C@]2(c3[nH][nH]c(=O)c3N3CCOCC3)CC[C@]3(C)C(=CCC4[C@@]5(C)Cc6c(N)n[nH]c6C(C)(C)C5CC[C@]43C)C2C1. The molecule has 0 bridgehead atoms. The maximum atomic E-state index is 13.5. The van der Waals surface area contributed by atoms with Gasteiger partial charge < -0.3 is 15.4 Å². The number of hydrogen-bond acceptors (Lipinski definition) is 5. The van der Waals surface area contributed by atoms with Gasteiger partial charge in [0.05, 0.1) is 18.9 Å². The Hall–Kier alpha value is -2.48. The highest BCUT2D eigenvalue weighted by Crippen LogP contribution is 2.75. The highest BCUT2D eigenvalue weighted by Gasteiger charge is 2.69. The summed E-state index contributed by atoms with van der Waals surface area (Å²) >= 11 is 0. The lowest BCUT2D eigenvalue weighted by Gasteiger charge is -2.71. The Kier molecular flexibility index (Phi) is 6.19. The zero-order chi connectivity index (χ0) is 31.8. The topological polar surface area (TPSA) is 116 Å². The Balaban J connectivity index is 1.24. The van der Waals surface area contributed by atoms with E-state index in [1.807, 2.05) is 0 Å². The van der Waals surface area contributed by atoms with Gasteiger partial charge in [0.15, 0.2) is 0 Å². The Morgan fingerprint density at radius 2 is 1.67 bits per heavy atom. The smallest absolute Gasteiger partial charge is 0.287 e. The molecule has 0 amide bonds. The second-order valence-electron chi connectivity index (χ2n) is 18.1. The number of morpholine rings is 1. The van der Waals surface area contributed by atoms with Gasteiger partial charge in [0.25, 0.3) is 5.56 Å². The molecule has 3 unspecified atom stereocenters. The number of aromatic amines is 3.